The SMILES string of the molecule is O=C(c1cc(F)c(C(F)(F)F)c(Cl)c1)C(F)(F)F. The first-order valence-corrected chi connectivity index (χ1v) is 4.50. The van der Waals surface area contributed by atoms with Crippen LogP contribution in [0.3, 0.4) is 0 Å². The Kier molecular flexibility index (Phi) is 3.62. The van der Waals surface area contributed by atoms with E-state index >= 15 is 0 Å². The molecule has 0 heterocycles. The molecule has 100 valence electrons. The fourth-order valence-electron chi connectivity index (χ4n) is 1.14. The Bertz CT molecular complexity index is 466. The number of benzene rings is 1. The van der Waals surface area contributed by atoms with Crippen molar-refractivity contribution < 1.29 is 35.5 Å². The van der Waals surface area contributed by atoms with E-state index in [-0.39, 0.29) is 12.1 Å². The summed E-state index contributed by atoms with van der Waals surface area (Å²) in [4.78, 5) is 10.7. The monoisotopic (exact) mass is 294 g/mol. The maximum atomic E-state index is 13.0. The molecule has 0 unspecified atom stereocenters. The molecule has 0 spiro atoms. The number of Topliss-reactive ketones (excluding diaryl/α,β-unsaturated/α-hetero) is 1. The Morgan fingerprint density at radius 1 is 1.06 bits per heavy atom. The molecule has 0 fully saturated rings. The molecule has 0 radical (unpaired) electrons. The second-order valence-electron chi connectivity index (χ2n) is 3.14. The summed E-state index contributed by atoms with van der Waals surface area (Å²) in [6.45, 7) is 0. The summed E-state index contributed by atoms with van der Waals surface area (Å²) in [5.74, 6) is -4.51. The van der Waals surface area contributed by atoms with Gasteiger partial charge in [0.15, 0.2) is 0 Å². The van der Waals surface area contributed by atoms with Gasteiger partial charge in [-0.1, -0.05) is 11.6 Å². The molecule has 0 aromatic heterocycles. The lowest BCUT2D eigenvalue weighted by atomic mass is 10.1. The first-order chi connectivity index (χ1) is 7.94. The lowest BCUT2D eigenvalue weighted by Crippen LogP contribution is -2.23. The van der Waals surface area contributed by atoms with Gasteiger partial charge >= 0.3 is 12.4 Å². The number of alkyl halides is 6. The summed E-state index contributed by atoms with van der Waals surface area (Å²) in [7, 11) is 0. The zero-order chi connectivity index (χ0) is 14.3. The van der Waals surface area contributed by atoms with Gasteiger partial charge in [-0.15, -0.1) is 0 Å². The molecule has 1 nitrogen and oxygen atoms in total. The zero-order valence-electron chi connectivity index (χ0n) is 8.09. The van der Waals surface area contributed by atoms with Gasteiger partial charge in [0, 0.05) is 5.56 Å². The van der Waals surface area contributed by atoms with Gasteiger partial charge in [-0.2, -0.15) is 26.3 Å². The maximum absolute atomic E-state index is 13.0. The van der Waals surface area contributed by atoms with Crippen LogP contribution in [0.2, 0.25) is 5.02 Å². The van der Waals surface area contributed by atoms with Crippen molar-refractivity contribution in [3.05, 3.63) is 34.1 Å². The van der Waals surface area contributed by atoms with Crippen LogP contribution in [-0.4, -0.2) is 12.0 Å². The number of halogens is 8. The molecule has 0 atom stereocenters. The molecule has 0 aliphatic rings. The van der Waals surface area contributed by atoms with Crippen molar-refractivity contribution in [1.82, 2.24) is 0 Å². The fraction of sp³-hybridized carbons (Fsp3) is 0.222. The highest BCUT2D eigenvalue weighted by Crippen LogP contribution is 2.38. The van der Waals surface area contributed by atoms with Gasteiger partial charge in [0.2, 0.25) is 0 Å². The molecular formula is C9H2ClF7O. The van der Waals surface area contributed by atoms with E-state index in [2.05, 4.69) is 0 Å². The van der Waals surface area contributed by atoms with E-state index in [0.29, 0.717) is 0 Å². The van der Waals surface area contributed by atoms with Crippen LogP contribution in [0.15, 0.2) is 12.1 Å². The Morgan fingerprint density at radius 3 is 1.89 bits per heavy atom. The largest absolute Gasteiger partial charge is 0.454 e. The van der Waals surface area contributed by atoms with E-state index in [1.807, 2.05) is 0 Å². The van der Waals surface area contributed by atoms with E-state index in [1.165, 1.54) is 0 Å². The van der Waals surface area contributed by atoms with Gasteiger partial charge in [0.1, 0.15) is 11.4 Å². The van der Waals surface area contributed by atoms with Gasteiger partial charge in [0.25, 0.3) is 5.78 Å². The summed E-state index contributed by atoms with van der Waals surface area (Å²) >= 11 is 5.03. The van der Waals surface area contributed by atoms with Crippen molar-refractivity contribution in [3.8, 4) is 0 Å². The number of carbonyl (C=O) groups is 1. The van der Waals surface area contributed by atoms with E-state index in [0.717, 1.165) is 0 Å². The highest BCUT2D eigenvalue weighted by molar-refractivity contribution is 6.31. The molecule has 0 aliphatic heterocycles. The first-order valence-electron chi connectivity index (χ1n) is 4.12. The van der Waals surface area contributed by atoms with Crippen LogP contribution in [-0.2, 0) is 6.18 Å². The Morgan fingerprint density at radius 2 is 1.56 bits per heavy atom. The van der Waals surface area contributed by atoms with Crippen LogP contribution in [0, 0.1) is 5.82 Å². The van der Waals surface area contributed by atoms with E-state index in [1.54, 1.807) is 0 Å². The van der Waals surface area contributed by atoms with Crippen molar-refractivity contribution in [2.24, 2.45) is 0 Å². The average molecular weight is 295 g/mol. The molecule has 0 saturated carbocycles. The van der Waals surface area contributed by atoms with Crippen LogP contribution in [0.25, 0.3) is 0 Å². The Hall–Kier alpha value is -1.31. The summed E-state index contributed by atoms with van der Waals surface area (Å²) in [5, 5.41) is -1.31. The molecule has 0 bridgehead atoms. The summed E-state index contributed by atoms with van der Waals surface area (Å²) < 4.78 is 85.8. The van der Waals surface area contributed by atoms with Gasteiger partial charge in [-0.25, -0.2) is 4.39 Å². The minimum Gasteiger partial charge on any atom is -0.284 e. The molecule has 1 rings (SSSR count). The molecule has 0 N–H and O–H groups in total. The van der Waals surface area contributed by atoms with E-state index in [9.17, 15) is 35.5 Å². The predicted molar refractivity (Wildman–Crippen MR) is 46.8 cm³/mol. The zero-order valence-corrected chi connectivity index (χ0v) is 8.84. The maximum Gasteiger partial charge on any atom is 0.454 e. The highest BCUT2D eigenvalue weighted by Gasteiger charge is 2.42. The number of carbonyl (C=O) groups excluding carboxylic acids is 1. The van der Waals surface area contributed by atoms with Gasteiger partial charge in [-0.05, 0) is 12.1 Å². The summed E-state index contributed by atoms with van der Waals surface area (Å²) in [6, 6.07) is -0.0200. The predicted octanol–water partition coefficient (Wildman–Crippen LogP) is 4.24. The second kappa shape index (κ2) is 4.42. The van der Waals surface area contributed by atoms with Gasteiger partial charge in [-0.3, -0.25) is 4.79 Å². The van der Waals surface area contributed by atoms with Crippen molar-refractivity contribution in [1.29, 1.82) is 0 Å². The minimum atomic E-state index is -5.32. The minimum absolute atomic E-state index is 0.128. The van der Waals surface area contributed by atoms with Crippen LogP contribution in [0.1, 0.15) is 15.9 Å². The van der Waals surface area contributed by atoms with E-state index in [4.69, 9.17) is 11.6 Å². The Labute approximate surface area is 100 Å². The van der Waals surface area contributed by atoms with Crippen molar-refractivity contribution >= 4 is 17.4 Å². The molecular weight excluding hydrogens is 293 g/mol. The number of rotatable bonds is 1. The van der Waals surface area contributed by atoms with Crippen molar-refractivity contribution in [3.63, 3.8) is 0 Å². The van der Waals surface area contributed by atoms with E-state index < -0.39 is 40.1 Å². The van der Waals surface area contributed by atoms with Crippen LogP contribution >= 0.6 is 11.6 Å². The number of ketones is 1. The van der Waals surface area contributed by atoms with Crippen LogP contribution < -0.4 is 0 Å². The third-order valence-corrected chi connectivity index (χ3v) is 2.14. The topological polar surface area (TPSA) is 17.1 Å². The van der Waals surface area contributed by atoms with Gasteiger partial charge in [0.05, 0.1) is 5.02 Å². The lowest BCUT2D eigenvalue weighted by Gasteiger charge is -2.12. The second-order valence-corrected chi connectivity index (χ2v) is 3.55. The smallest absolute Gasteiger partial charge is 0.284 e. The highest BCUT2D eigenvalue weighted by atomic mass is 35.5. The molecule has 0 aliphatic carbocycles. The molecule has 9 heteroatoms. The molecule has 18 heavy (non-hydrogen) atoms. The average Bonchev–Trinajstić information content (AvgIpc) is 2.11. The summed E-state index contributed by atoms with van der Waals surface area (Å²) in [5.41, 5.74) is -3.21. The van der Waals surface area contributed by atoms with Crippen LogP contribution in [0.4, 0.5) is 30.7 Å². The number of hydrogen-bond donors (Lipinski definition) is 0. The molecule has 0 amide bonds. The summed E-state index contributed by atoms with van der Waals surface area (Å²) in [6.07, 6.45) is -10.5. The standard InChI is InChI=1S/C9H2ClF7O/c10-4-1-3(7(18)9(15,16)17)2-5(11)6(4)8(12,13)14/h1-2H. The quantitative estimate of drug-likeness (QED) is 0.559. The third-order valence-electron chi connectivity index (χ3n) is 1.85. The lowest BCUT2D eigenvalue weighted by molar-refractivity contribution is -0.139. The molecule has 1 aromatic rings. The number of hydrogen-bond acceptors (Lipinski definition) is 1. The molecule has 1 aromatic carbocycles. The fourth-order valence-corrected chi connectivity index (χ4v) is 1.45. The third kappa shape index (κ3) is 2.92. The van der Waals surface area contributed by atoms with Crippen molar-refractivity contribution in [2.45, 2.75) is 12.4 Å². The first kappa shape index (κ1) is 14.7. The normalized spacial score (nSPS) is 12.7. The van der Waals surface area contributed by atoms with Crippen LogP contribution in [0.5, 0.6) is 0 Å². The van der Waals surface area contributed by atoms with Crippen molar-refractivity contribution in [2.75, 3.05) is 0 Å². The Balaban J connectivity index is 3.37. The van der Waals surface area contributed by atoms with Gasteiger partial charge < -0.3 is 0 Å². The molecule has 0 saturated heterocycles.